The highest BCUT2D eigenvalue weighted by atomic mass is 32.2. The lowest BCUT2D eigenvalue weighted by molar-refractivity contribution is -0.132. The Bertz CT molecular complexity index is 1600. The number of aryl methyl sites for hydroxylation is 1. The maximum absolute atomic E-state index is 14.0. The molecule has 8 heteroatoms. The Morgan fingerprint density at radius 1 is 1.05 bits per heavy atom. The van der Waals surface area contributed by atoms with E-state index in [2.05, 4.69) is 21.7 Å². The summed E-state index contributed by atoms with van der Waals surface area (Å²) in [5, 5.41) is 7.08. The molecule has 6 rings (SSSR count). The molecule has 0 aliphatic carbocycles. The third kappa shape index (κ3) is 4.66. The average Bonchev–Trinajstić information content (AvgIpc) is 3.49. The molecule has 3 aromatic carbocycles. The molecule has 3 heterocycles. The molecule has 2 aliphatic heterocycles. The van der Waals surface area contributed by atoms with Crippen molar-refractivity contribution in [3.8, 4) is 0 Å². The summed E-state index contributed by atoms with van der Waals surface area (Å²) in [6.07, 6.45) is 2.85. The van der Waals surface area contributed by atoms with Crippen molar-refractivity contribution in [3.05, 3.63) is 106 Å². The Balaban J connectivity index is 1.29. The average molecular weight is 553 g/mol. The number of para-hydroxylation sites is 1. The molecule has 3 N–H and O–H groups in total. The Morgan fingerprint density at radius 2 is 1.80 bits per heavy atom. The maximum Gasteiger partial charge on any atom is 0.255 e. The van der Waals surface area contributed by atoms with Gasteiger partial charge in [-0.3, -0.25) is 14.4 Å². The van der Waals surface area contributed by atoms with E-state index >= 15 is 0 Å². The first-order valence-electron chi connectivity index (χ1n) is 13.6. The van der Waals surface area contributed by atoms with Gasteiger partial charge in [0.1, 0.15) is 12.1 Å². The zero-order valence-corrected chi connectivity index (χ0v) is 23.4. The van der Waals surface area contributed by atoms with E-state index < -0.39 is 12.1 Å². The fraction of sp³-hybridized carbons (Fsp3) is 0.281. The SMILES string of the molecule is CSCCC(NC(=O)C1Cc2c([nH]c3ccccc23)C2c3ccccc3C(=O)N12)C(=O)NCc1ccc(C)cc1. The molecule has 0 bridgehead atoms. The van der Waals surface area contributed by atoms with E-state index in [4.69, 9.17) is 0 Å². The quantitative estimate of drug-likeness (QED) is 0.300. The second kappa shape index (κ2) is 10.8. The van der Waals surface area contributed by atoms with Gasteiger partial charge in [-0.15, -0.1) is 0 Å². The third-order valence-electron chi connectivity index (χ3n) is 7.99. The molecule has 0 spiro atoms. The van der Waals surface area contributed by atoms with Crippen LogP contribution in [-0.4, -0.2) is 51.7 Å². The summed E-state index contributed by atoms with van der Waals surface area (Å²) in [7, 11) is 0. The summed E-state index contributed by atoms with van der Waals surface area (Å²) in [6, 6.07) is 21.8. The first-order chi connectivity index (χ1) is 19.5. The predicted octanol–water partition coefficient (Wildman–Crippen LogP) is 4.50. The van der Waals surface area contributed by atoms with Crippen molar-refractivity contribution < 1.29 is 14.4 Å². The minimum absolute atomic E-state index is 0.158. The van der Waals surface area contributed by atoms with Gasteiger partial charge in [0.2, 0.25) is 11.8 Å². The summed E-state index contributed by atoms with van der Waals surface area (Å²) in [5.74, 6) is 0.0315. The van der Waals surface area contributed by atoms with Crippen LogP contribution in [0.2, 0.25) is 0 Å². The molecule has 1 aromatic heterocycles. The number of hydrogen-bond acceptors (Lipinski definition) is 4. The molecule has 4 aromatic rings. The number of amides is 3. The molecule has 3 amide bonds. The number of aromatic amines is 1. The van der Waals surface area contributed by atoms with E-state index in [-0.39, 0.29) is 23.8 Å². The van der Waals surface area contributed by atoms with Crippen LogP contribution in [0.15, 0.2) is 72.8 Å². The van der Waals surface area contributed by atoms with Crippen LogP contribution in [0.5, 0.6) is 0 Å². The van der Waals surface area contributed by atoms with Gasteiger partial charge in [0.05, 0.1) is 6.04 Å². The Kier molecular flexibility index (Phi) is 7.11. The summed E-state index contributed by atoms with van der Waals surface area (Å²) in [5.41, 5.74) is 6.65. The third-order valence-corrected chi connectivity index (χ3v) is 8.63. The van der Waals surface area contributed by atoms with Gasteiger partial charge in [0, 0.05) is 35.1 Å². The van der Waals surface area contributed by atoms with Gasteiger partial charge in [-0.1, -0.05) is 66.2 Å². The summed E-state index contributed by atoms with van der Waals surface area (Å²) >= 11 is 1.63. The lowest BCUT2D eigenvalue weighted by atomic mass is 9.89. The van der Waals surface area contributed by atoms with Gasteiger partial charge in [0.15, 0.2) is 0 Å². The smallest absolute Gasteiger partial charge is 0.255 e. The largest absolute Gasteiger partial charge is 0.356 e. The van der Waals surface area contributed by atoms with Crippen molar-refractivity contribution in [2.24, 2.45) is 0 Å². The standard InChI is InChI=1S/C32H32N4O3S/c1-19-11-13-20(14-12-19)18-33-30(37)26(15-16-40-2)35-31(38)27-17-24-21-7-5-6-10-25(21)34-28(24)29-22-8-3-4-9-23(22)32(39)36(27)29/h3-14,26-27,29,34H,15-18H2,1-2H3,(H,33,37)(H,35,38). The Hall–Kier alpha value is -4.04. The highest BCUT2D eigenvalue weighted by Gasteiger charge is 2.49. The van der Waals surface area contributed by atoms with Crippen molar-refractivity contribution in [2.75, 3.05) is 12.0 Å². The molecule has 7 nitrogen and oxygen atoms in total. The monoisotopic (exact) mass is 552 g/mol. The van der Waals surface area contributed by atoms with Crippen LogP contribution in [0.25, 0.3) is 10.9 Å². The summed E-state index contributed by atoms with van der Waals surface area (Å²) < 4.78 is 0. The molecule has 204 valence electrons. The summed E-state index contributed by atoms with van der Waals surface area (Å²) in [4.78, 5) is 46.2. The Morgan fingerprint density at radius 3 is 2.60 bits per heavy atom. The minimum atomic E-state index is -0.738. The molecule has 3 unspecified atom stereocenters. The molecule has 0 fully saturated rings. The minimum Gasteiger partial charge on any atom is -0.356 e. The summed E-state index contributed by atoms with van der Waals surface area (Å²) in [6.45, 7) is 2.41. The second-order valence-electron chi connectivity index (χ2n) is 10.5. The molecular weight excluding hydrogens is 520 g/mol. The molecular formula is C32H32N4O3S. The fourth-order valence-corrected chi connectivity index (χ4v) is 6.40. The van der Waals surface area contributed by atoms with E-state index in [1.165, 1.54) is 0 Å². The van der Waals surface area contributed by atoms with Crippen molar-refractivity contribution >= 4 is 40.4 Å². The first-order valence-corrected chi connectivity index (χ1v) is 15.0. The van der Waals surface area contributed by atoms with Gasteiger partial charge >= 0.3 is 0 Å². The normalized spacial score (nSPS) is 18.1. The lowest BCUT2D eigenvalue weighted by Crippen LogP contribution is -2.56. The number of carbonyl (C=O) groups excluding carboxylic acids is 3. The zero-order valence-electron chi connectivity index (χ0n) is 22.6. The van der Waals surface area contributed by atoms with Crippen LogP contribution in [0.3, 0.4) is 0 Å². The van der Waals surface area contributed by atoms with Crippen LogP contribution in [0.4, 0.5) is 0 Å². The van der Waals surface area contributed by atoms with E-state index in [1.54, 1.807) is 16.7 Å². The molecule has 3 atom stereocenters. The van der Waals surface area contributed by atoms with Crippen LogP contribution < -0.4 is 10.6 Å². The van der Waals surface area contributed by atoms with E-state index in [1.807, 2.05) is 79.9 Å². The number of aromatic nitrogens is 1. The highest BCUT2D eigenvalue weighted by Crippen LogP contribution is 2.46. The molecule has 40 heavy (non-hydrogen) atoms. The number of hydrogen-bond donors (Lipinski definition) is 3. The Labute approximate surface area is 237 Å². The second-order valence-corrected chi connectivity index (χ2v) is 11.5. The van der Waals surface area contributed by atoms with Gasteiger partial charge in [-0.05, 0) is 54.2 Å². The van der Waals surface area contributed by atoms with Crippen LogP contribution in [0, 0.1) is 6.92 Å². The van der Waals surface area contributed by atoms with Gasteiger partial charge in [0.25, 0.3) is 5.91 Å². The van der Waals surface area contributed by atoms with Crippen molar-refractivity contribution in [1.29, 1.82) is 0 Å². The van der Waals surface area contributed by atoms with Crippen molar-refractivity contribution in [3.63, 3.8) is 0 Å². The maximum atomic E-state index is 14.0. The van der Waals surface area contributed by atoms with Gasteiger partial charge in [-0.2, -0.15) is 11.8 Å². The van der Waals surface area contributed by atoms with Crippen LogP contribution in [0.1, 0.15) is 50.8 Å². The number of benzene rings is 3. The fourth-order valence-electron chi connectivity index (χ4n) is 5.93. The number of nitrogens with one attached hydrogen (secondary N) is 3. The van der Waals surface area contributed by atoms with E-state index in [0.29, 0.717) is 24.9 Å². The molecule has 2 aliphatic rings. The lowest BCUT2D eigenvalue weighted by Gasteiger charge is -2.37. The zero-order chi connectivity index (χ0) is 27.8. The number of rotatable bonds is 8. The van der Waals surface area contributed by atoms with Crippen LogP contribution in [-0.2, 0) is 22.6 Å². The predicted molar refractivity (Wildman–Crippen MR) is 158 cm³/mol. The molecule has 0 saturated heterocycles. The van der Waals surface area contributed by atoms with Crippen molar-refractivity contribution in [2.45, 2.75) is 44.4 Å². The number of carbonyl (C=O) groups is 3. The topological polar surface area (TPSA) is 94.3 Å². The highest BCUT2D eigenvalue weighted by molar-refractivity contribution is 7.98. The number of fused-ring (bicyclic) bond motifs is 7. The van der Waals surface area contributed by atoms with Gasteiger partial charge < -0.3 is 20.5 Å². The number of H-pyrrole nitrogens is 1. The van der Waals surface area contributed by atoms with Gasteiger partial charge in [-0.25, -0.2) is 0 Å². The molecule has 0 saturated carbocycles. The van der Waals surface area contributed by atoms with Crippen molar-refractivity contribution in [1.82, 2.24) is 20.5 Å². The van der Waals surface area contributed by atoms with E-state index in [0.717, 1.165) is 44.6 Å². The number of nitrogens with zero attached hydrogens (tertiary/aromatic N) is 1. The van der Waals surface area contributed by atoms with E-state index in [9.17, 15) is 14.4 Å². The number of thioether (sulfide) groups is 1. The van der Waals surface area contributed by atoms with Crippen LogP contribution >= 0.6 is 11.8 Å². The molecule has 0 radical (unpaired) electrons. The first kappa shape index (κ1) is 26.2.